The topological polar surface area (TPSA) is 30.7 Å². The van der Waals surface area contributed by atoms with Gasteiger partial charge in [-0.3, -0.25) is 4.98 Å². The fourth-order valence-corrected chi connectivity index (χ4v) is 2.16. The molecule has 0 atom stereocenters. The van der Waals surface area contributed by atoms with E-state index in [1.54, 1.807) is 0 Å². The molecule has 0 N–H and O–H groups in total. The molecule has 0 aromatic carbocycles. The number of aromatic nitrogens is 3. The third kappa shape index (κ3) is 1.52. The minimum atomic E-state index is 0.441. The zero-order valence-corrected chi connectivity index (χ0v) is 10.00. The highest BCUT2D eigenvalue weighted by atomic mass is 15.1. The molecule has 80 valence electrons. The molecule has 0 spiro atoms. The Balaban J connectivity index is 2.86. The van der Waals surface area contributed by atoms with E-state index in [4.69, 9.17) is 0 Å². The van der Waals surface area contributed by atoms with Gasteiger partial charge in [0.2, 0.25) is 0 Å². The van der Waals surface area contributed by atoms with Crippen LogP contribution in [0.1, 0.15) is 37.1 Å². The lowest BCUT2D eigenvalue weighted by molar-refractivity contribution is 0.600. The minimum absolute atomic E-state index is 0.441. The van der Waals surface area contributed by atoms with Crippen LogP contribution in [0.3, 0.4) is 0 Å². The van der Waals surface area contributed by atoms with Crippen LogP contribution < -0.4 is 0 Å². The second-order valence-corrected chi connectivity index (χ2v) is 4.34. The van der Waals surface area contributed by atoms with Crippen molar-refractivity contribution >= 4 is 11.0 Å². The Kier molecular flexibility index (Phi) is 2.25. The number of pyridine rings is 1. The number of imidazole rings is 1. The average Bonchev–Trinajstić information content (AvgIpc) is 2.41. The van der Waals surface area contributed by atoms with Gasteiger partial charge in [-0.05, 0) is 40.7 Å². The van der Waals surface area contributed by atoms with Gasteiger partial charge in [-0.25, -0.2) is 4.98 Å². The summed E-state index contributed by atoms with van der Waals surface area (Å²) in [5, 5.41) is 0. The molecule has 0 saturated heterocycles. The molecule has 2 aromatic heterocycles. The van der Waals surface area contributed by atoms with Gasteiger partial charge in [-0.1, -0.05) is 0 Å². The van der Waals surface area contributed by atoms with Gasteiger partial charge in [0.15, 0.2) is 0 Å². The number of nitrogens with zero attached hydrogens (tertiary/aromatic N) is 3. The molecule has 2 rings (SSSR count). The van der Waals surface area contributed by atoms with E-state index in [2.05, 4.69) is 41.4 Å². The Bertz CT molecular complexity index is 509. The molecule has 0 amide bonds. The molecule has 0 radical (unpaired) electrons. The molecule has 0 unspecified atom stereocenters. The van der Waals surface area contributed by atoms with Gasteiger partial charge >= 0.3 is 0 Å². The second-order valence-electron chi connectivity index (χ2n) is 4.34. The van der Waals surface area contributed by atoms with Crippen LogP contribution in [0.2, 0.25) is 0 Å². The standard InChI is InChI=1S/C12H17N3/c1-7(2)15-10(5)14-12-9(4)13-8(3)6-11(12)15/h6-7H,1-5H3. The molecule has 0 aliphatic heterocycles. The first-order chi connectivity index (χ1) is 7.00. The van der Waals surface area contributed by atoms with Crippen LogP contribution in [0.15, 0.2) is 6.07 Å². The number of hydrogen-bond acceptors (Lipinski definition) is 2. The quantitative estimate of drug-likeness (QED) is 0.713. The van der Waals surface area contributed by atoms with Crippen LogP contribution in [0.5, 0.6) is 0 Å². The highest BCUT2D eigenvalue weighted by Gasteiger charge is 2.12. The Labute approximate surface area is 90.2 Å². The smallest absolute Gasteiger partial charge is 0.110 e. The van der Waals surface area contributed by atoms with Gasteiger partial charge < -0.3 is 4.57 Å². The van der Waals surface area contributed by atoms with Crippen molar-refractivity contribution < 1.29 is 0 Å². The van der Waals surface area contributed by atoms with Crippen LogP contribution in [0.4, 0.5) is 0 Å². The predicted molar refractivity (Wildman–Crippen MR) is 62.1 cm³/mol. The summed E-state index contributed by atoms with van der Waals surface area (Å²) in [5.74, 6) is 1.07. The molecule has 0 fully saturated rings. The van der Waals surface area contributed by atoms with E-state index >= 15 is 0 Å². The third-order valence-electron chi connectivity index (χ3n) is 2.67. The van der Waals surface area contributed by atoms with Gasteiger partial charge in [0.05, 0.1) is 11.2 Å². The van der Waals surface area contributed by atoms with Gasteiger partial charge in [-0.2, -0.15) is 0 Å². The summed E-state index contributed by atoms with van der Waals surface area (Å²) >= 11 is 0. The Hall–Kier alpha value is -1.38. The second kappa shape index (κ2) is 3.33. The fraction of sp³-hybridized carbons (Fsp3) is 0.500. The zero-order valence-electron chi connectivity index (χ0n) is 10.00. The summed E-state index contributed by atoms with van der Waals surface area (Å²) in [6.07, 6.45) is 0. The first-order valence-electron chi connectivity index (χ1n) is 5.33. The molecule has 2 aromatic rings. The van der Waals surface area contributed by atoms with E-state index in [0.717, 1.165) is 22.7 Å². The summed E-state index contributed by atoms with van der Waals surface area (Å²) in [7, 11) is 0. The molecule has 0 saturated carbocycles. The average molecular weight is 203 g/mol. The highest BCUT2D eigenvalue weighted by molar-refractivity contribution is 5.78. The van der Waals surface area contributed by atoms with Crippen molar-refractivity contribution in [2.75, 3.05) is 0 Å². The molecular weight excluding hydrogens is 186 g/mol. The maximum atomic E-state index is 4.58. The summed E-state index contributed by atoms with van der Waals surface area (Å²) in [6, 6.07) is 2.55. The van der Waals surface area contributed by atoms with Gasteiger partial charge in [0.1, 0.15) is 11.3 Å². The number of aryl methyl sites for hydroxylation is 3. The van der Waals surface area contributed by atoms with Crippen molar-refractivity contribution in [3.8, 4) is 0 Å². The highest BCUT2D eigenvalue weighted by Crippen LogP contribution is 2.22. The number of fused-ring (bicyclic) bond motifs is 1. The van der Waals surface area contributed by atoms with E-state index < -0.39 is 0 Å². The molecule has 3 nitrogen and oxygen atoms in total. The predicted octanol–water partition coefficient (Wildman–Crippen LogP) is 2.94. The fourth-order valence-electron chi connectivity index (χ4n) is 2.16. The molecule has 15 heavy (non-hydrogen) atoms. The lowest BCUT2D eigenvalue weighted by Crippen LogP contribution is -2.03. The lowest BCUT2D eigenvalue weighted by Gasteiger charge is -2.10. The first kappa shape index (κ1) is 10.1. The van der Waals surface area contributed by atoms with Crippen LogP contribution in [-0.2, 0) is 0 Å². The molecular formula is C12H17N3. The number of rotatable bonds is 1. The van der Waals surface area contributed by atoms with Crippen LogP contribution in [0.25, 0.3) is 11.0 Å². The van der Waals surface area contributed by atoms with Crippen LogP contribution in [0, 0.1) is 20.8 Å². The van der Waals surface area contributed by atoms with Crippen LogP contribution in [-0.4, -0.2) is 14.5 Å². The van der Waals surface area contributed by atoms with Crippen molar-refractivity contribution in [3.05, 3.63) is 23.3 Å². The van der Waals surface area contributed by atoms with Crippen molar-refractivity contribution in [3.63, 3.8) is 0 Å². The summed E-state index contributed by atoms with van der Waals surface area (Å²) in [4.78, 5) is 9.02. The molecule has 3 heteroatoms. The maximum Gasteiger partial charge on any atom is 0.110 e. The molecule has 0 aliphatic rings. The largest absolute Gasteiger partial charge is 0.326 e. The van der Waals surface area contributed by atoms with E-state index in [9.17, 15) is 0 Å². The maximum absolute atomic E-state index is 4.58. The van der Waals surface area contributed by atoms with Crippen molar-refractivity contribution in [2.45, 2.75) is 40.7 Å². The molecule has 0 aliphatic carbocycles. The van der Waals surface area contributed by atoms with Gasteiger partial charge in [0, 0.05) is 11.7 Å². The normalized spacial score (nSPS) is 11.6. The number of hydrogen-bond donors (Lipinski definition) is 0. The minimum Gasteiger partial charge on any atom is -0.326 e. The van der Waals surface area contributed by atoms with E-state index in [-0.39, 0.29) is 0 Å². The Morgan fingerprint density at radius 2 is 1.80 bits per heavy atom. The van der Waals surface area contributed by atoms with Crippen molar-refractivity contribution in [1.82, 2.24) is 14.5 Å². The first-order valence-corrected chi connectivity index (χ1v) is 5.33. The molecule has 2 heterocycles. The van der Waals surface area contributed by atoms with Gasteiger partial charge in [0.25, 0.3) is 0 Å². The summed E-state index contributed by atoms with van der Waals surface area (Å²) in [5.41, 5.74) is 4.31. The summed E-state index contributed by atoms with van der Waals surface area (Å²) < 4.78 is 2.26. The van der Waals surface area contributed by atoms with Crippen molar-refractivity contribution in [2.24, 2.45) is 0 Å². The Morgan fingerprint density at radius 1 is 1.13 bits per heavy atom. The van der Waals surface area contributed by atoms with E-state index in [0.29, 0.717) is 6.04 Å². The Morgan fingerprint density at radius 3 is 2.40 bits per heavy atom. The monoisotopic (exact) mass is 203 g/mol. The van der Waals surface area contributed by atoms with E-state index in [1.165, 1.54) is 5.52 Å². The van der Waals surface area contributed by atoms with Gasteiger partial charge in [-0.15, -0.1) is 0 Å². The SMILES string of the molecule is Cc1cc2c(nc(C)n2C(C)C)c(C)n1. The third-order valence-corrected chi connectivity index (χ3v) is 2.67. The zero-order chi connectivity index (χ0) is 11.2. The van der Waals surface area contributed by atoms with Crippen molar-refractivity contribution in [1.29, 1.82) is 0 Å². The van der Waals surface area contributed by atoms with E-state index in [1.807, 2.05) is 13.8 Å². The molecule has 0 bridgehead atoms. The lowest BCUT2D eigenvalue weighted by atomic mass is 10.2. The van der Waals surface area contributed by atoms with Crippen LogP contribution >= 0.6 is 0 Å². The summed E-state index contributed by atoms with van der Waals surface area (Å²) in [6.45, 7) is 10.5.